The van der Waals surface area contributed by atoms with Crippen LogP contribution in [-0.4, -0.2) is 16.8 Å². The van der Waals surface area contributed by atoms with Crippen LogP contribution in [0.4, 0.5) is 0 Å². The van der Waals surface area contributed by atoms with E-state index in [1.54, 1.807) is 6.08 Å². The van der Waals surface area contributed by atoms with Gasteiger partial charge in [0.1, 0.15) is 0 Å². The highest BCUT2D eigenvalue weighted by Crippen LogP contribution is 2.34. The molecule has 2 nitrogen and oxygen atoms in total. The maximum atomic E-state index is 10.2. The molecule has 2 atom stereocenters. The Kier molecular flexibility index (Phi) is 3.97. The molecular formula is C15H20O2. The molecule has 1 aliphatic carbocycles. The van der Waals surface area contributed by atoms with Gasteiger partial charge in [-0.05, 0) is 24.8 Å². The molecule has 1 N–H and O–H groups in total. The Hall–Kier alpha value is -1.12. The first kappa shape index (κ1) is 12.3. The van der Waals surface area contributed by atoms with Gasteiger partial charge in [0.2, 0.25) is 0 Å². The third-order valence-electron chi connectivity index (χ3n) is 3.39. The molecule has 17 heavy (non-hydrogen) atoms. The molecule has 1 aromatic carbocycles. The van der Waals surface area contributed by atoms with Crippen molar-refractivity contribution in [3.05, 3.63) is 48.6 Å². The molecule has 0 radical (unpaired) electrons. The molecule has 0 heterocycles. The average Bonchev–Trinajstić information content (AvgIpc) is 2.70. The molecule has 0 spiro atoms. The molecule has 1 aromatic rings. The minimum atomic E-state index is -0.580. The molecule has 0 bridgehead atoms. The van der Waals surface area contributed by atoms with Crippen molar-refractivity contribution < 1.29 is 9.84 Å². The van der Waals surface area contributed by atoms with E-state index in [1.807, 2.05) is 18.2 Å². The summed E-state index contributed by atoms with van der Waals surface area (Å²) in [5.74, 6) is 0. The summed E-state index contributed by atoms with van der Waals surface area (Å²) in [4.78, 5) is 0. The molecule has 0 amide bonds. The van der Waals surface area contributed by atoms with E-state index in [0.29, 0.717) is 13.0 Å². The summed E-state index contributed by atoms with van der Waals surface area (Å²) in [6, 6.07) is 10.2. The van der Waals surface area contributed by atoms with Crippen LogP contribution in [0, 0.1) is 0 Å². The monoisotopic (exact) mass is 232 g/mol. The molecule has 0 saturated heterocycles. The largest absolute Gasteiger partial charge is 0.389 e. The van der Waals surface area contributed by atoms with Crippen LogP contribution in [0.5, 0.6) is 0 Å². The lowest BCUT2D eigenvalue weighted by molar-refractivity contribution is 0.00339. The third-order valence-corrected chi connectivity index (χ3v) is 3.39. The van der Waals surface area contributed by atoms with Gasteiger partial charge in [0.15, 0.2) is 0 Å². The SMILES string of the molecule is C=CC[C@@]1(O)CC[C@H](OCc2ccccc2)C1. The van der Waals surface area contributed by atoms with Gasteiger partial charge in [-0.25, -0.2) is 0 Å². The van der Waals surface area contributed by atoms with Crippen LogP contribution in [-0.2, 0) is 11.3 Å². The third kappa shape index (κ3) is 3.42. The normalized spacial score (nSPS) is 28.2. The summed E-state index contributed by atoms with van der Waals surface area (Å²) < 4.78 is 5.84. The second-order valence-electron chi connectivity index (χ2n) is 4.88. The summed E-state index contributed by atoms with van der Waals surface area (Å²) in [6.07, 6.45) is 5.12. The predicted molar refractivity (Wildman–Crippen MR) is 68.6 cm³/mol. The first-order valence-electron chi connectivity index (χ1n) is 6.21. The summed E-state index contributed by atoms with van der Waals surface area (Å²) in [5.41, 5.74) is 0.606. The first-order valence-corrected chi connectivity index (χ1v) is 6.21. The Bertz CT molecular complexity index is 360. The molecule has 1 aliphatic rings. The van der Waals surface area contributed by atoms with E-state index in [1.165, 1.54) is 5.56 Å². The summed E-state index contributed by atoms with van der Waals surface area (Å²) >= 11 is 0. The highest BCUT2D eigenvalue weighted by atomic mass is 16.5. The first-order chi connectivity index (χ1) is 8.22. The van der Waals surface area contributed by atoms with E-state index in [0.717, 1.165) is 19.3 Å². The summed E-state index contributed by atoms with van der Waals surface area (Å²) in [7, 11) is 0. The second kappa shape index (κ2) is 5.48. The number of ether oxygens (including phenoxy) is 1. The van der Waals surface area contributed by atoms with Gasteiger partial charge in [-0.2, -0.15) is 0 Å². The fraction of sp³-hybridized carbons (Fsp3) is 0.467. The van der Waals surface area contributed by atoms with Crippen molar-refractivity contribution in [1.29, 1.82) is 0 Å². The van der Waals surface area contributed by atoms with E-state index < -0.39 is 5.60 Å². The number of hydrogen-bond donors (Lipinski definition) is 1. The van der Waals surface area contributed by atoms with Gasteiger partial charge < -0.3 is 9.84 Å². The van der Waals surface area contributed by atoms with Crippen LogP contribution >= 0.6 is 0 Å². The Balaban J connectivity index is 1.80. The van der Waals surface area contributed by atoms with E-state index in [9.17, 15) is 5.11 Å². The van der Waals surface area contributed by atoms with Gasteiger partial charge in [0, 0.05) is 6.42 Å². The van der Waals surface area contributed by atoms with Gasteiger partial charge in [-0.1, -0.05) is 36.4 Å². The van der Waals surface area contributed by atoms with Crippen molar-refractivity contribution in [2.75, 3.05) is 0 Å². The molecule has 2 heteroatoms. The lowest BCUT2D eigenvalue weighted by atomic mass is 9.98. The number of benzene rings is 1. The van der Waals surface area contributed by atoms with Crippen molar-refractivity contribution in [3.63, 3.8) is 0 Å². The van der Waals surface area contributed by atoms with E-state index >= 15 is 0 Å². The van der Waals surface area contributed by atoms with Crippen LogP contribution in [0.3, 0.4) is 0 Å². The molecule has 2 rings (SSSR count). The maximum Gasteiger partial charge on any atom is 0.0720 e. The topological polar surface area (TPSA) is 29.5 Å². The van der Waals surface area contributed by atoms with Crippen molar-refractivity contribution in [3.8, 4) is 0 Å². The second-order valence-corrected chi connectivity index (χ2v) is 4.88. The Labute approximate surface area is 103 Å². The minimum Gasteiger partial charge on any atom is -0.389 e. The zero-order valence-electron chi connectivity index (χ0n) is 10.1. The van der Waals surface area contributed by atoms with Crippen LogP contribution in [0.25, 0.3) is 0 Å². The van der Waals surface area contributed by atoms with Crippen molar-refractivity contribution in [1.82, 2.24) is 0 Å². The lowest BCUT2D eigenvalue weighted by Gasteiger charge is -2.20. The maximum absolute atomic E-state index is 10.2. The highest BCUT2D eigenvalue weighted by Gasteiger charge is 2.36. The van der Waals surface area contributed by atoms with Crippen LogP contribution in [0.2, 0.25) is 0 Å². The standard InChI is InChI=1S/C15H20O2/c1-2-9-15(16)10-8-14(11-15)17-12-13-6-4-3-5-7-13/h2-7,14,16H,1,8-12H2/t14-,15+/m0/s1. The summed E-state index contributed by atoms with van der Waals surface area (Å²) in [6.45, 7) is 4.32. The van der Waals surface area contributed by atoms with Gasteiger partial charge in [0.25, 0.3) is 0 Å². The van der Waals surface area contributed by atoms with Crippen molar-refractivity contribution in [2.24, 2.45) is 0 Å². The quantitative estimate of drug-likeness (QED) is 0.791. The molecule has 92 valence electrons. The fourth-order valence-corrected chi connectivity index (χ4v) is 2.44. The van der Waals surface area contributed by atoms with Gasteiger partial charge in [-0.15, -0.1) is 6.58 Å². The number of hydrogen-bond acceptors (Lipinski definition) is 2. The summed E-state index contributed by atoms with van der Waals surface area (Å²) in [5, 5.41) is 10.2. The van der Waals surface area contributed by atoms with Gasteiger partial charge in [0.05, 0.1) is 18.3 Å². The minimum absolute atomic E-state index is 0.181. The average molecular weight is 232 g/mol. The predicted octanol–water partition coefficient (Wildman–Crippen LogP) is 3.06. The number of aliphatic hydroxyl groups is 1. The zero-order chi connectivity index (χ0) is 12.1. The molecule has 1 saturated carbocycles. The fourth-order valence-electron chi connectivity index (χ4n) is 2.44. The van der Waals surface area contributed by atoms with Crippen LogP contribution in [0.1, 0.15) is 31.2 Å². The zero-order valence-corrected chi connectivity index (χ0v) is 10.1. The molecule has 0 unspecified atom stereocenters. The number of rotatable bonds is 5. The lowest BCUT2D eigenvalue weighted by Crippen LogP contribution is -2.25. The van der Waals surface area contributed by atoms with Gasteiger partial charge >= 0.3 is 0 Å². The molecule has 0 aromatic heterocycles. The van der Waals surface area contributed by atoms with Crippen LogP contribution < -0.4 is 0 Å². The molecular weight excluding hydrogens is 212 g/mol. The smallest absolute Gasteiger partial charge is 0.0720 e. The van der Waals surface area contributed by atoms with Crippen molar-refractivity contribution >= 4 is 0 Å². The highest BCUT2D eigenvalue weighted by molar-refractivity contribution is 5.13. The molecule has 0 aliphatic heterocycles. The van der Waals surface area contributed by atoms with Gasteiger partial charge in [-0.3, -0.25) is 0 Å². The Morgan fingerprint density at radius 2 is 2.18 bits per heavy atom. The van der Waals surface area contributed by atoms with Crippen molar-refractivity contribution in [2.45, 2.75) is 44.0 Å². The van der Waals surface area contributed by atoms with E-state index in [4.69, 9.17) is 4.74 Å². The van der Waals surface area contributed by atoms with E-state index in [2.05, 4.69) is 18.7 Å². The molecule has 1 fully saturated rings. The van der Waals surface area contributed by atoms with E-state index in [-0.39, 0.29) is 6.10 Å². The van der Waals surface area contributed by atoms with Crippen LogP contribution in [0.15, 0.2) is 43.0 Å². The Morgan fingerprint density at radius 1 is 1.41 bits per heavy atom. The Morgan fingerprint density at radius 3 is 2.88 bits per heavy atom.